The number of aromatic carboxylic acids is 1. The lowest BCUT2D eigenvalue weighted by atomic mass is 9.76. The maximum Gasteiger partial charge on any atom is 0.356 e. The van der Waals surface area contributed by atoms with Crippen molar-refractivity contribution in [3.8, 4) is 0 Å². The Labute approximate surface area is 405 Å². The molecule has 0 aliphatic heterocycles. The molecular weight excluding hydrogens is 889 g/mol. The number of hydrogen-bond donors (Lipinski definition) is 4. The molecule has 19 heteroatoms. The highest BCUT2D eigenvalue weighted by atomic mass is 28.3. The molecule has 2 atom stereocenters. The Morgan fingerprint density at radius 1 is 0.870 bits per heavy atom. The predicted molar refractivity (Wildman–Crippen MR) is 267 cm³/mol. The van der Waals surface area contributed by atoms with Gasteiger partial charge in [0, 0.05) is 87.2 Å². The Bertz CT molecular complexity index is 2720. The number of carboxylic acid groups (broad SMARTS) is 1. The number of carbonyl (C=O) groups excluding carboxylic acids is 1. The van der Waals surface area contributed by atoms with Crippen molar-refractivity contribution < 1.29 is 19.4 Å². The molecule has 6 aromatic heterocycles. The van der Waals surface area contributed by atoms with Crippen LogP contribution in [0.2, 0.25) is 25.7 Å². The van der Waals surface area contributed by atoms with Crippen molar-refractivity contribution in [1.82, 2.24) is 49.5 Å². The Morgan fingerprint density at radius 3 is 2.01 bits per heavy atom. The van der Waals surface area contributed by atoms with Gasteiger partial charge in [-0.25, -0.2) is 22.6 Å². The van der Waals surface area contributed by atoms with Crippen LogP contribution in [-0.4, -0.2) is 94.3 Å². The Morgan fingerprint density at radius 2 is 1.46 bits per heavy atom. The zero-order valence-corrected chi connectivity index (χ0v) is 41.9. The molecule has 6 aromatic rings. The van der Waals surface area contributed by atoms with E-state index in [-0.39, 0.29) is 34.5 Å². The van der Waals surface area contributed by atoms with Gasteiger partial charge in [-0.15, -0.1) is 0 Å². The van der Waals surface area contributed by atoms with E-state index in [1.165, 1.54) is 0 Å². The number of H-pyrrole nitrogens is 1. The van der Waals surface area contributed by atoms with E-state index < -0.39 is 14.0 Å². The van der Waals surface area contributed by atoms with Gasteiger partial charge in [0.2, 0.25) is 13.1 Å². The summed E-state index contributed by atoms with van der Waals surface area (Å²) in [5.41, 5.74) is 14.0. The Balaban J connectivity index is 0.000000178. The maximum absolute atomic E-state index is 12.8. The number of anilines is 2. The summed E-state index contributed by atoms with van der Waals surface area (Å²) in [6.07, 6.45) is 20.6. The van der Waals surface area contributed by atoms with Crippen molar-refractivity contribution in [1.29, 1.82) is 0 Å². The lowest BCUT2D eigenvalue weighted by Crippen LogP contribution is -2.25. The highest BCUT2D eigenvalue weighted by Gasteiger charge is 2.33. The largest absolute Gasteiger partial charge is 0.476 e. The molecule has 18 nitrogen and oxygen atoms in total. The minimum atomic E-state index is -1.11. The van der Waals surface area contributed by atoms with Crippen LogP contribution in [0.1, 0.15) is 120 Å². The molecule has 0 aromatic carbocycles. The number of carboxylic acids is 1. The molecule has 2 aliphatic rings. The molecule has 0 spiro atoms. The first-order valence-electron chi connectivity index (χ1n) is 23.4. The summed E-state index contributed by atoms with van der Waals surface area (Å²) in [5.74, 6) is -1.16. The van der Waals surface area contributed by atoms with E-state index in [2.05, 4.69) is 97.8 Å². The number of nitrogen functional groups attached to an aromatic ring is 1. The van der Waals surface area contributed by atoms with Crippen LogP contribution in [0.25, 0.3) is 9.69 Å². The standard InChI is InChI=1S/C22H25N7O.C16H28N2O3Si.C12H13N5/c1-22(2)8-6-17-18(11-22)27-28-20(17)21(30)26-16-13-25-29(14-16)19(7-10-23-3)15-5-4-9-24-12-15;1-16(2)7-6-12-13(10-16)18(17-14(12)15(19)20)11-21-8-9-22(3,4)5;1-14-6-4-12(10-3-2-5-15-7-10)17-9-11(13)8-16-17/h4-5,9,12-14,19H,6-8,10-11H2,1-2H3,(H,26,30)(H,27,28);6-11H2,1-5H3,(H,19,20);2-3,5,7-9,12H,4,6,13H2. The van der Waals surface area contributed by atoms with E-state index in [1.807, 2.05) is 24.3 Å². The molecular formula is C50H66N14O4Si. The molecule has 8 rings (SSSR count). The van der Waals surface area contributed by atoms with Gasteiger partial charge in [-0.1, -0.05) is 59.5 Å². The van der Waals surface area contributed by atoms with Crippen molar-refractivity contribution in [3.63, 3.8) is 0 Å². The van der Waals surface area contributed by atoms with Gasteiger partial charge < -0.3 is 30.6 Å². The molecule has 1 amide bonds. The third-order valence-corrected chi connectivity index (χ3v) is 14.1. The van der Waals surface area contributed by atoms with E-state index in [1.54, 1.807) is 63.6 Å². The normalized spacial score (nSPS) is 15.3. The van der Waals surface area contributed by atoms with E-state index in [0.717, 1.165) is 84.8 Å². The highest BCUT2D eigenvalue weighted by Crippen LogP contribution is 2.37. The minimum Gasteiger partial charge on any atom is -0.476 e. The topological polar surface area (TPSA) is 218 Å². The Hall–Kier alpha value is -6.96. The van der Waals surface area contributed by atoms with Gasteiger partial charge in [0.1, 0.15) is 6.73 Å². The average Bonchev–Trinajstić information content (AvgIpc) is 4.12. The molecule has 6 heterocycles. The number of nitrogens with two attached hydrogens (primary N) is 1. The number of nitrogens with one attached hydrogen (secondary N) is 2. The van der Waals surface area contributed by atoms with E-state index >= 15 is 0 Å². The second-order valence-electron chi connectivity index (χ2n) is 20.5. The molecule has 2 unspecified atom stereocenters. The monoisotopic (exact) mass is 955 g/mol. The fourth-order valence-corrected chi connectivity index (χ4v) is 9.31. The summed E-state index contributed by atoms with van der Waals surface area (Å²) in [7, 11) is -1.11. The number of nitrogens with zero attached hydrogens (tertiary/aromatic N) is 11. The summed E-state index contributed by atoms with van der Waals surface area (Å²) in [6, 6.07) is 8.72. The van der Waals surface area contributed by atoms with Gasteiger partial charge in [-0.05, 0) is 78.7 Å². The molecule has 69 heavy (non-hydrogen) atoms. The van der Waals surface area contributed by atoms with E-state index in [4.69, 9.17) is 23.6 Å². The van der Waals surface area contributed by atoms with Crippen LogP contribution < -0.4 is 11.1 Å². The maximum atomic E-state index is 12.8. The second kappa shape index (κ2) is 22.9. The summed E-state index contributed by atoms with van der Waals surface area (Å²) in [6.45, 7) is 31.8. The number of rotatable bonds is 16. The SMILES string of the molecule is CC1(C)CCc2c(C(=O)O)nn(COCC[Si](C)(C)C)c2C1.[C-]#[N+]CCC(c1cccnc1)n1cc(N)cn1.[C-]#[N+]CCC(c1cccnc1)n1cc(NC(=O)c2n[nH]c3c2CCC(C)(C)C3)cn1. The van der Waals surface area contributed by atoms with Gasteiger partial charge in [0.15, 0.2) is 11.4 Å². The second-order valence-corrected chi connectivity index (χ2v) is 26.1. The molecule has 5 N–H and O–H groups in total. The zero-order valence-electron chi connectivity index (χ0n) is 40.9. The van der Waals surface area contributed by atoms with Gasteiger partial charge in [0.25, 0.3) is 5.91 Å². The van der Waals surface area contributed by atoms with E-state index in [0.29, 0.717) is 49.7 Å². The van der Waals surface area contributed by atoms with Gasteiger partial charge in [0.05, 0.1) is 35.9 Å². The van der Waals surface area contributed by atoms with Crippen LogP contribution in [0.15, 0.2) is 73.8 Å². The summed E-state index contributed by atoms with van der Waals surface area (Å²) in [4.78, 5) is 39.4. The van der Waals surface area contributed by atoms with Crippen LogP contribution in [0.4, 0.5) is 11.4 Å². The van der Waals surface area contributed by atoms with Crippen molar-refractivity contribution in [2.75, 3.05) is 30.7 Å². The summed E-state index contributed by atoms with van der Waals surface area (Å²) < 4.78 is 11.1. The fraction of sp³-hybridized carbons (Fsp3) is 0.480. The first kappa shape index (κ1) is 51.4. The van der Waals surface area contributed by atoms with E-state index in [9.17, 15) is 14.7 Å². The number of fused-ring (bicyclic) bond motifs is 2. The van der Waals surface area contributed by atoms with Gasteiger partial charge in [-0.3, -0.25) is 29.2 Å². The molecule has 0 fully saturated rings. The lowest BCUT2D eigenvalue weighted by molar-refractivity contribution is 0.0667. The van der Waals surface area contributed by atoms with Crippen LogP contribution in [0.3, 0.4) is 0 Å². The van der Waals surface area contributed by atoms with Crippen LogP contribution in [0.5, 0.6) is 0 Å². The predicted octanol–water partition coefficient (Wildman–Crippen LogP) is 8.83. The van der Waals surface area contributed by atoms with Gasteiger partial charge in [-0.2, -0.15) is 20.4 Å². The molecule has 0 radical (unpaired) electrons. The number of ether oxygens (including phenoxy) is 1. The van der Waals surface area contributed by atoms with Crippen LogP contribution in [0, 0.1) is 24.0 Å². The number of aromatic nitrogens is 10. The average molecular weight is 955 g/mol. The molecule has 2 aliphatic carbocycles. The zero-order chi connectivity index (χ0) is 49.8. The Kier molecular flexibility index (Phi) is 17.1. The minimum absolute atomic E-state index is 0.0232. The van der Waals surface area contributed by atoms with Crippen molar-refractivity contribution in [3.05, 3.63) is 142 Å². The van der Waals surface area contributed by atoms with Crippen LogP contribution >= 0.6 is 0 Å². The number of amides is 1. The summed E-state index contributed by atoms with van der Waals surface area (Å²) in [5, 5.41) is 32.5. The number of aromatic amines is 1. The number of carbonyl (C=O) groups is 2. The van der Waals surface area contributed by atoms with Gasteiger partial charge >= 0.3 is 5.97 Å². The highest BCUT2D eigenvalue weighted by molar-refractivity contribution is 6.76. The first-order valence-corrected chi connectivity index (χ1v) is 27.1. The number of pyridine rings is 2. The number of hydrogen-bond acceptors (Lipinski definition) is 10. The summed E-state index contributed by atoms with van der Waals surface area (Å²) >= 11 is 0. The first-order chi connectivity index (χ1) is 32.9. The molecule has 0 bridgehead atoms. The molecule has 364 valence electrons. The smallest absolute Gasteiger partial charge is 0.356 e. The molecule has 0 saturated carbocycles. The lowest BCUT2D eigenvalue weighted by Gasteiger charge is -2.30. The third-order valence-electron chi connectivity index (χ3n) is 12.4. The quantitative estimate of drug-likeness (QED) is 0.0408. The van der Waals surface area contributed by atoms with Crippen molar-refractivity contribution in [2.45, 2.75) is 124 Å². The van der Waals surface area contributed by atoms with Crippen LogP contribution in [-0.2, 0) is 37.2 Å². The fourth-order valence-electron chi connectivity index (χ4n) is 8.55. The molecule has 0 saturated heterocycles. The third kappa shape index (κ3) is 14.3. The van der Waals surface area contributed by atoms with Crippen molar-refractivity contribution in [2.24, 2.45) is 10.8 Å². The van der Waals surface area contributed by atoms with Crippen molar-refractivity contribution >= 4 is 31.3 Å².